The van der Waals surface area contributed by atoms with Crippen LogP contribution in [-0.2, 0) is 33.3 Å². The van der Waals surface area contributed by atoms with Crippen LogP contribution in [0.3, 0.4) is 0 Å². The Kier molecular flexibility index (Phi) is 8.20. The van der Waals surface area contributed by atoms with E-state index in [0.29, 0.717) is 17.8 Å². The number of rotatable bonds is 8. The number of benzene rings is 2. The van der Waals surface area contributed by atoms with Gasteiger partial charge in [0, 0.05) is 30.3 Å². The molecular weight excluding hydrogens is 581 g/mol. The van der Waals surface area contributed by atoms with E-state index >= 15 is 0 Å². The number of hydrogen-bond acceptors (Lipinski definition) is 5. The average Bonchev–Trinajstić information content (AvgIpc) is 2.90. The van der Waals surface area contributed by atoms with E-state index in [1.54, 1.807) is 24.4 Å². The monoisotopic (exact) mass is 604 g/mol. The number of carbonyl (C=O) groups is 1. The number of ketones is 1. The summed E-state index contributed by atoms with van der Waals surface area (Å²) < 4.78 is 123. The largest absolute Gasteiger partial charge is 0.430 e. The highest BCUT2D eigenvalue weighted by Gasteiger charge is 2.71. The van der Waals surface area contributed by atoms with E-state index in [0.717, 1.165) is 34.6 Å². The van der Waals surface area contributed by atoms with Gasteiger partial charge < -0.3 is 5.11 Å². The number of anilines is 1. The zero-order valence-electron chi connectivity index (χ0n) is 21.1. The van der Waals surface area contributed by atoms with E-state index in [1.807, 2.05) is 0 Å². The van der Waals surface area contributed by atoms with Crippen molar-refractivity contribution in [1.29, 1.82) is 0 Å². The third kappa shape index (κ3) is 5.94. The van der Waals surface area contributed by atoms with Crippen LogP contribution in [0.15, 0.2) is 71.8 Å². The van der Waals surface area contributed by atoms with E-state index in [2.05, 4.69) is 4.98 Å². The summed E-state index contributed by atoms with van der Waals surface area (Å²) in [5.41, 5.74) is -6.57. The Morgan fingerprint density at radius 1 is 0.976 bits per heavy atom. The Bertz CT molecular complexity index is 1500. The second kappa shape index (κ2) is 11.0. The first-order chi connectivity index (χ1) is 19.1. The maximum atomic E-state index is 13.7. The lowest BCUT2D eigenvalue weighted by atomic mass is 9.87. The second-order valence-electron chi connectivity index (χ2n) is 9.56. The molecule has 220 valence electrons. The molecule has 1 aliphatic rings. The Morgan fingerprint density at radius 2 is 1.63 bits per heavy atom. The number of pyridine rings is 1. The number of aromatic nitrogens is 1. The molecule has 0 bridgehead atoms. The number of fused-ring (bicyclic) bond motifs is 1. The Morgan fingerprint density at radius 3 is 2.22 bits per heavy atom. The van der Waals surface area contributed by atoms with E-state index < -0.39 is 50.3 Å². The summed E-state index contributed by atoms with van der Waals surface area (Å²) in [5.74, 6) is -1.09. The molecule has 0 amide bonds. The topological polar surface area (TPSA) is 87.6 Å². The first-order valence-electron chi connectivity index (χ1n) is 12.3. The van der Waals surface area contributed by atoms with Gasteiger partial charge in [-0.05, 0) is 67.3 Å². The molecule has 0 spiro atoms. The van der Waals surface area contributed by atoms with Crippen molar-refractivity contribution in [1.82, 2.24) is 4.98 Å². The van der Waals surface area contributed by atoms with Crippen LogP contribution in [0.25, 0.3) is 0 Å². The van der Waals surface area contributed by atoms with Crippen LogP contribution in [0.1, 0.15) is 36.1 Å². The zero-order chi connectivity index (χ0) is 30.2. The molecule has 2 heterocycles. The van der Waals surface area contributed by atoms with Crippen LogP contribution in [0.2, 0.25) is 0 Å². The standard InChI is InChI=1S/C27H23F7N2O4S/c28-19-6-11-23(12-7-19)41(39,40)36-21(16-22(37)10-8-20-3-1-2-14-35-20)9-4-17-15-18(5-13-24(17)36)25(38,26(29,30)31)27(32,33)34/h1-3,5-7,11-15,21,38H,4,8-10,16H2/t21-/m0/s1. The molecule has 4 rings (SSSR count). The van der Waals surface area contributed by atoms with Gasteiger partial charge in [0.2, 0.25) is 0 Å². The number of alkyl halides is 6. The fraction of sp³-hybridized carbons (Fsp3) is 0.333. The van der Waals surface area contributed by atoms with Crippen LogP contribution in [0.5, 0.6) is 0 Å². The van der Waals surface area contributed by atoms with Crippen LogP contribution < -0.4 is 4.31 Å². The van der Waals surface area contributed by atoms with Crippen LogP contribution in [0, 0.1) is 5.82 Å². The van der Waals surface area contributed by atoms with E-state index in [1.165, 1.54) is 0 Å². The van der Waals surface area contributed by atoms with Gasteiger partial charge in [0.15, 0.2) is 0 Å². The highest BCUT2D eigenvalue weighted by Crippen LogP contribution is 2.51. The van der Waals surface area contributed by atoms with E-state index in [-0.39, 0.29) is 49.1 Å². The molecule has 41 heavy (non-hydrogen) atoms. The summed E-state index contributed by atoms with van der Waals surface area (Å²) in [6, 6.07) is 9.34. The summed E-state index contributed by atoms with van der Waals surface area (Å²) in [5, 5.41) is 9.84. The van der Waals surface area contributed by atoms with E-state index in [4.69, 9.17) is 0 Å². The quantitative estimate of drug-likeness (QED) is 0.337. The van der Waals surface area contributed by atoms with Gasteiger partial charge in [0.1, 0.15) is 11.6 Å². The molecule has 0 fully saturated rings. The molecule has 1 aromatic heterocycles. The van der Waals surface area contributed by atoms with Crippen molar-refractivity contribution in [3.05, 3.63) is 89.5 Å². The van der Waals surface area contributed by atoms with Gasteiger partial charge in [-0.2, -0.15) is 26.3 Å². The summed E-state index contributed by atoms with van der Waals surface area (Å²) in [7, 11) is -4.56. The van der Waals surface area contributed by atoms with Crippen molar-refractivity contribution in [2.24, 2.45) is 0 Å². The molecule has 14 heteroatoms. The highest BCUT2D eigenvalue weighted by molar-refractivity contribution is 7.92. The fourth-order valence-electron chi connectivity index (χ4n) is 4.76. The summed E-state index contributed by atoms with van der Waals surface area (Å²) in [6.07, 6.45) is -11.0. The molecule has 0 saturated heterocycles. The Labute approximate surface area is 230 Å². The normalized spacial score (nSPS) is 16.4. The SMILES string of the molecule is O=C(CCc1ccccn1)C[C@@H]1CCc2cc(C(O)(C(F)(F)F)C(F)(F)F)ccc2N1S(=O)(=O)c1ccc(F)cc1. The minimum absolute atomic E-state index is 0.00788. The maximum Gasteiger partial charge on any atom is 0.430 e. The lowest BCUT2D eigenvalue weighted by Gasteiger charge is -2.39. The molecule has 2 aromatic carbocycles. The van der Waals surface area contributed by atoms with Crippen molar-refractivity contribution in [3.63, 3.8) is 0 Å². The van der Waals surface area contributed by atoms with E-state index in [9.17, 15) is 49.1 Å². The van der Waals surface area contributed by atoms with Crippen molar-refractivity contribution < 1.29 is 49.1 Å². The van der Waals surface area contributed by atoms with Gasteiger partial charge in [-0.3, -0.25) is 14.1 Å². The highest BCUT2D eigenvalue weighted by atomic mass is 32.2. The lowest BCUT2D eigenvalue weighted by molar-refractivity contribution is -0.376. The fourth-order valence-corrected chi connectivity index (χ4v) is 6.48. The van der Waals surface area contributed by atoms with Crippen molar-refractivity contribution >= 4 is 21.5 Å². The number of sulfonamides is 1. The smallest absolute Gasteiger partial charge is 0.369 e. The molecule has 0 saturated carbocycles. The van der Waals surface area contributed by atoms with Gasteiger partial charge in [0.05, 0.1) is 16.6 Å². The number of carbonyl (C=O) groups excluding carboxylic acids is 1. The van der Waals surface area contributed by atoms with Gasteiger partial charge in [-0.25, -0.2) is 12.8 Å². The third-order valence-electron chi connectivity index (χ3n) is 6.85. The first kappa shape index (κ1) is 30.4. The summed E-state index contributed by atoms with van der Waals surface area (Å²) >= 11 is 0. The molecular formula is C27H23F7N2O4S. The minimum Gasteiger partial charge on any atom is -0.369 e. The molecule has 0 aliphatic carbocycles. The maximum absolute atomic E-state index is 13.7. The number of Topliss-reactive ketones (excluding diaryl/α,β-unsaturated/α-hetero) is 1. The van der Waals surface area contributed by atoms with Gasteiger partial charge in [-0.15, -0.1) is 0 Å². The number of halogens is 7. The van der Waals surface area contributed by atoms with Crippen LogP contribution in [-0.4, -0.2) is 42.7 Å². The van der Waals surface area contributed by atoms with Crippen molar-refractivity contribution in [2.45, 2.75) is 61.0 Å². The van der Waals surface area contributed by atoms with Crippen molar-refractivity contribution in [3.8, 4) is 0 Å². The van der Waals surface area contributed by atoms with Crippen molar-refractivity contribution in [2.75, 3.05) is 4.31 Å². The molecule has 3 aromatic rings. The summed E-state index contributed by atoms with van der Waals surface area (Å²) in [6.45, 7) is 0. The Balaban J connectivity index is 1.74. The van der Waals surface area contributed by atoms with Gasteiger partial charge >= 0.3 is 12.4 Å². The number of nitrogens with zero attached hydrogens (tertiary/aromatic N) is 2. The molecule has 6 nitrogen and oxygen atoms in total. The van der Waals surface area contributed by atoms with Gasteiger partial charge in [0.25, 0.3) is 15.6 Å². The minimum atomic E-state index is -6.13. The average molecular weight is 605 g/mol. The Hall–Kier alpha value is -3.52. The summed E-state index contributed by atoms with van der Waals surface area (Å²) in [4.78, 5) is 16.6. The van der Waals surface area contributed by atoms with Crippen LogP contribution >= 0.6 is 0 Å². The number of aliphatic hydroxyl groups is 1. The van der Waals surface area contributed by atoms with Gasteiger partial charge in [-0.1, -0.05) is 18.2 Å². The predicted octanol–water partition coefficient (Wildman–Crippen LogP) is 5.64. The molecule has 1 aliphatic heterocycles. The molecule has 1 atom stereocenters. The molecule has 0 radical (unpaired) electrons. The molecule has 0 unspecified atom stereocenters. The zero-order valence-corrected chi connectivity index (χ0v) is 21.9. The number of aryl methyl sites for hydroxylation is 2. The molecule has 1 N–H and O–H groups in total. The van der Waals surface area contributed by atoms with Crippen LogP contribution in [0.4, 0.5) is 36.4 Å². The second-order valence-corrected chi connectivity index (χ2v) is 11.4. The first-order valence-corrected chi connectivity index (χ1v) is 13.7. The third-order valence-corrected chi connectivity index (χ3v) is 8.73. The number of hydrogen-bond donors (Lipinski definition) is 1. The lowest BCUT2D eigenvalue weighted by Crippen LogP contribution is -2.54. The predicted molar refractivity (Wildman–Crippen MR) is 133 cm³/mol.